The standard InChI is InChI=1S/C15H30N2O3/c1-5-20-13(18)15(4,16)8-6-7-9-17-10-11-19-12-14(17,2)3/h5-12,16H2,1-4H3. The highest BCUT2D eigenvalue weighted by Gasteiger charge is 2.31. The van der Waals surface area contributed by atoms with Crippen molar-refractivity contribution >= 4 is 5.97 Å². The Labute approximate surface area is 122 Å². The fourth-order valence-electron chi connectivity index (χ4n) is 2.50. The zero-order valence-electron chi connectivity index (χ0n) is 13.4. The van der Waals surface area contributed by atoms with E-state index in [2.05, 4.69) is 18.7 Å². The maximum Gasteiger partial charge on any atom is 0.325 e. The molecule has 2 N–H and O–H groups in total. The Morgan fingerprint density at radius 3 is 2.75 bits per heavy atom. The molecule has 1 atom stereocenters. The predicted molar refractivity (Wildman–Crippen MR) is 79.5 cm³/mol. The lowest BCUT2D eigenvalue weighted by atomic mass is 9.95. The molecule has 0 aromatic carbocycles. The van der Waals surface area contributed by atoms with Crippen molar-refractivity contribution in [3.05, 3.63) is 0 Å². The first-order valence-electron chi connectivity index (χ1n) is 7.58. The lowest BCUT2D eigenvalue weighted by Gasteiger charge is -2.42. The molecule has 0 aromatic rings. The van der Waals surface area contributed by atoms with Crippen LogP contribution in [0.15, 0.2) is 0 Å². The van der Waals surface area contributed by atoms with Gasteiger partial charge in [0, 0.05) is 12.1 Å². The van der Waals surface area contributed by atoms with E-state index in [1.54, 1.807) is 13.8 Å². The Kier molecular flexibility index (Phi) is 6.43. The van der Waals surface area contributed by atoms with E-state index in [9.17, 15) is 4.79 Å². The van der Waals surface area contributed by atoms with Crippen LogP contribution in [0.4, 0.5) is 0 Å². The zero-order chi connectivity index (χ0) is 15.2. The predicted octanol–water partition coefficient (Wildman–Crippen LogP) is 1.55. The fourth-order valence-corrected chi connectivity index (χ4v) is 2.50. The highest BCUT2D eigenvalue weighted by Crippen LogP contribution is 2.20. The van der Waals surface area contributed by atoms with E-state index in [1.165, 1.54) is 0 Å². The molecular formula is C15H30N2O3. The third-order valence-electron chi connectivity index (χ3n) is 3.93. The van der Waals surface area contributed by atoms with Gasteiger partial charge in [-0.1, -0.05) is 0 Å². The monoisotopic (exact) mass is 286 g/mol. The molecule has 1 heterocycles. The molecule has 0 aliphatic carbocycles. The van der Waals surface area contributed by atoms with Crippen LogP contribution < -0.4 is 5.73 Å². The minimum absolute atomic E-state index is 0.103. The van der Waals surface area contributed by atoms with E-state index < -0.39 is 5.54 Å². The molecule has 0 aromatic heterocycles. The summed E-state index contributed by atoms with van der Waals surface area (Å²) in [4.78, 5) is 14.1. The number of nitrogens with two attached hydrogens (primary N) is 1. The third kappa shape index (κ3) is 5.04. The first-order valence-corrected chi connectivity index (χ1v) is 7.58. The summed E-state index contributed by atoms with van der Waals surface area (Å²) in [7, 11) is 0. The van der Waals surface area contributed by atoms with E-state index >= 15 is 0 Å². The summed E-state index contributed by atoms with van der Waals surface area (Å²) in [5.74, 6) is -0.299. The third-order valence-corrected chi connectivity index (χ3v) is 3.93. The van der Waals surface area contributed by atoms with Crippen LogP contribution in [-0.2, 0) is 14.3 Å². The van der Waals surface area contributed by atoms with Gasteiger partial charge in [-0.05, 0) is 53.5 Å². The first kappa shape index (κ1) is 17.4. The van der Waals surface area contributed by atoms with E-state index in [1.807, 2.05) is 0 Å². The number of esters is 1. The number of hydrogen-bond acceptors (Lipinski definition) is 5. The van der Waals surface area contributed by atoms with Gasteiger partial charge in [-0.25, -0.2) is 0 Å². The van der Waals surface area contributed by atoms with Gasteiger partial charge >= 0.3 is 5.97 Å². The van der Waals surface area contributed by atoms with Crippen molar-refractivity contribution in [2.75, 3.05) is 32.9 Å². The second kappa shape index (κ2) is 7.38. The molecule has 20 heavy (non-hydrogen) atoms. The lowest BCUT2D eigenvalue weighted by molar-refractivity contribution is -0.149. The summed E-state index contributed by atoms with van der Waals surface area (Å²) in [5, 5.41) is 0. The highest BCUT2D eigenvalue weighted by atomic mass is 16.5. The Morgan fingerprint density at radius 1 is 1.45 bits per heavy atom. The molecule has 1 fully saturated rings. The Balaban J connectivity index is 2.29. The summed E-state index contributed by atoms with van der Waals surface area (Å²) in [6.45, 7) is 11.9. The average molecular weight is 286 g/mol. The summed E-state index contributed by atoms with van der Waals surface area (Å²) < 4.78 is 10.5. The molecule has 1 rings (SSSR count). The van der Waals surface area contributed by atoms with E-state index in [0.717, 1.165) is 39.1 Å². The summed E-state index contributed by atoms with van der Waals surface area (Å²) in [6, 6.07) is 0. The number of ether oxygens (including phenoxy) is 2. The smallest absolute Gasteiger partial charge is 0.325 e. The van der Waals surface area contributed by atoms with Gasteiger partial charge in [0.05, 0.1) is 19.8 Å². The maximum atomic E-state index is 11.7. The molecule has 0 radical (unpaired) electrons. The van der Waals surface area contributed by atoms with Crippen molar-refractivity contribution in [1.29, 1.82) is 0 Å². The quantitative estimate of drug-likeness (QED) is 0.568. The summed E-state index contributed by atoms with van der Waals surface area (Å²) in [6.07, 6.45) is 2.63. The normalized spacial score (nSPS) is 22.2. The number of hydrogen-bond donors (Lipinski definition) is 1. The number of unbranched alkanes of at least 4 members (excludes halogenated alkanes) is 1. The van der Waals surface area contributed by atoms with E-state index in [0.29, 0.717) is 13.0 Å². The van der Waals surface area contributed by atoms with Crippen LogP contribution in [0.2, 0.25) is 0 Å². The number of nitrogens with zero attached hydrogens (tertiary/aromatic N) is 1. The molecule has 5 nitrogen and oxygen atoms in total. The van der Waals surface area contributed by atoms with Crippen LogP contribution in [-0.4, -0.2) is 54.9 Å². The van der Waals surface area contributed by atoms with Crippen molar-refractivity contribution in [3.63, 3.8) is 0 Å². The number of carbonyl (C=O) groups is 1. The van der Waals surface area contributed by atoms with Crippen LogP contribution in [0.3, 0.4) is 0 Å². The zero-order valence-corrected chi connectivity index (χ0v) is 13.4. The van der Waals surface area contributed by atoms with Gasteiger partial charge in [0.1, 0.15) is 5.54 Å². The van der Waals surface area contributed by atoms with Gasteiger partial charge in [0.25, 0.3) is 0 Å². The van der Waals surface area contributed by atoms with Gasteiger partial charge in [0.15, 0.2) is 0 Å². The topological polar surface area (TPSA) is 64.8 Å². The average Bonchev–Trinajstić information content (AvgIpc) is 2.36. The van der Waals surface area contributed by atoms with E-state index in [-0.39, 0.29) is 11.5 Å². The van der Waals surface area contributed by atoms with Crippen molar-refractivity contribution in [1.82, 2.24) is 4.90 Å². The Bertz CT molecular complexity index is 316. The molecule has 1 saturated heterocycles. The Morgan fingerprint density at radius 2 is 2.15 bits per heavy atom. The van der Waals surface area contributed by atoms with Gasteiger partial charge in [-0.3, -0.25) is 9.69 Å². The summed E-state index contributed by atoms with van der Waals surface area (Å²) >= 11 is 0. The van der Waals surface area contributed by atoms with Gasteiger partial charge in [-0.15, -0.1) is 0 Å². The molecule has 1 aliphatic rings. The van der Waals surface area contributed by atoms with Gasteiger partial charge in [-0.2, -0.15) is 0 Å². The molecule has 5 heteroatoms. The number of carbonyl (C=O) groups excluding carboxylic acids is 1. The van der Waals surface area contributed by atoms with Crippen molar-refractivity contribution < 1.29 is 14.3 Å². The molecule has 0 bridgehead atoms. The second-order valence-corrected chi connectivity index (χ2v) is 6.45. The van der Waals surface area contributed by atoms with Crippen molar-refractivity contribution in [3.8, 4) is 0 Å². The SMILES string of the molecule is CCOC(=O)C(C)(N)CCCCN1CCOCC1(C)C. The van der Waals surface area contributed by atoms with Crippen molar-refractivity contribution in [2.45, 2.75) is 58.0 Å². The molecular weight excluding hydrogens is 256 g/mol. The second-order valence-electron chi connectivity index (χ2n) is 6.45. The Hall–Kier alpha value is -0.650. The van der Waals surface area contributed by atoms with Crippen LogP contribution in [0.25, 0.3) is 0 Å². The molecule has 0 saturated carbocycles. The van der Waals surface area contributed by atoms with Crippen LogP contribution in [0.5, 0.6) is 0 Å². The lowest BCUT2D eigenvalue weighted by Crippen LogP contribution is -2.53. The van der Waals surface area contributed by atoms with Gasteiger partial charge in [0.2, 0.25) is 0 Å². The van der Waals surface area contributed by atoms with Crippen molar-refractivity contribution in [2.24, 2.45) is 5.73 Å². The van der Waals surface area contributed by atoms with Crippen LogP contribution in [0.1, 0.15) is 47.0 Å². The summed E-state index contributed by atoms with van der Waals surface area (Å²) in [5.41, 5.74) is 5.25. The number of rotatable bonds is 7. The molecule has 1 aliphatic heterocycles. The van der Waals surface area contributed by atoms with E-state index in [4.69, 9.17) is 15.2 Å². The number of morpholine rings is 1. The highest BCUT2D eigenvalue weighted by molar-refractivity contribution is 5.79. The molecule has 1 unspecified atom stereocenters. The minimum atomic E-state index is -0.865. The first-order chi connectivity index (χ1) is 9.29. The molecule has 118 valence electrons. The minimum Gasteiger partial charge on any atom is -0.465 e. The largest absolute Gasteiger partial charge is 0.465 e. The molecule has 0 amide bonds. The van der Waals surface area contributed by atoms with Gasteiger partial charge < -0.3 is 15.2 Å². The molecule has 0 spiro atoms. The van der Waals surface area contributed by atoms with Crippen LogP contribution >= 0.6 is 0 Å². The fraction of sp³-hybridized carbons (Fsp3) is 0.933. The maximum absolute atomic E-state index is 11.7. The van der Waals surface area contributed by atoms with Crippen LogP contribution in [0, 0.1) is 0 Å².